The molecule has 2 heterocycles. The summed E-state index contributed by atoms with van der Waals surface area (Å²) in [6.45, 7) is 2.40. The lowest BCUT2D eigenvalue weighted by atomic mass is 9.92. The summed E-state index contributed by atoms with van der Waals surface area (Å²) < 4.78 is 37.6. The van der Waals surface area contributed by atoms with Crippen molar-refractivity contribution in [3.05, 3.63) is 35.4 Å². The molecule has 7 nitrogen and oxygen atoms in total. The van der Waals surface area contributed by atoms with Gasteiger partial charge in [-0.15, -0.1) is 23.4 Å². The van der Waals surface area contributed by atoms with Crippen molar-refractivity contribution in [2.45, 2.75) is 93.5 Å². The van der Waals surface area contributed by atoms with E-state index in [1.165, 1.54) is 23.9 Å². The lowest BCUT2D eigenvalue weighted by molar-refractivity contribution is -0.308. The number of hydrogen-bond acceptors (Lipinski definition) is 7. The van der Waals surface area contributed by atoms with Crippen molar-refractivity contribution in [3.8, 4) is 0 Å². The van der Waals surface area contributed by atoms with Gasteiger partial charge in [0.2, 0.25) is 11.5 Å². The molecule has 0 spiro atoms. The number of nitrogens with one attached hydrogen (secondary N) is 2. The smallest absolute Gasteiger partial charge is 0.237 e. The Morgan fingerprint density at radius 1 is 1.19 bits per heavy atom. The quantitative estimate of drug-likeness (QED) is 0.262. The van der Waals surface area contributed by atoms with Crippen LogP contribution in [0.2, 0.25) is 0 Å². The molecule has 8 atom stereocenters. The van der Waals surface area contributed by atoms with Gasteiger partial charge in [0.25, 0.3) is 0 Å². The number of hydrogen-bond donors (Lipinski definition) is 4. The summed E-state index contributed by atoms with van der Waals surface area (Å²) in [5.41, 5.74) is -0.107. The summed E-state index contributed by atoms with van der Waals surface area (Å²) in [6.07, 6.45) is 3.93. The minimum Gasteiger partial charge on any atom is -0.385 e. The molecule has 0 aromatic heterocycles. The van der Waals surface area contributed by atoms with Crippen molar-refractivity contribution in [2.24, 2.45) is 5.92 Å². The zero-order valence-corrected chi connectivity index (χ0v) is 22.2. The average Bonchev–Trinajstić information content (AvgIpc) is 3.07. The molecule has 1 amide bonds. The van der Waals surface area contributed by atoms with Gasteiger partial charge in [-0.25, -0.2) is 8.78 Å². The van der Waals surface area contributed by atoms with E-state index in [1.807, 2.05) is 0 Å². The summed E-state index contributed by atoms with van der Waals surface area (Å²) >= 11 is 7.58. The number of carbonyl (C=O) groups excluding carboxylic acids is 1. The number of aryl methyl sites for hydroxylation is 1. The summed E-state index contributed by atoms with van der Waals surface area (Å²) in [5.74, 6) is -0.861. The molecular weight excluding hydrogens is 514 g/mol. The van der Waals surface area contributed by atoms with Crippen molar-refractivity contribution in [3.63, 3.8) is 0 Å². The predicted octanol–water partition coefficient (Wildman–Crippen LogP) is 3.29. The van der Waals surface area contributed by atoms with Crippen molar-refractivity contribution in [1.82, 2.24) is 10.6 Å². The van der Waals surface area contributed by atoms with Gasteiger partial charge < -0.3 is 30.3 Å². The van der Waals surface area contributed by atoms with E-state index in [2.05, 4.69) is 10.6 Å². The molecule has 7 unspecified atom stereocenters. The average molecular weight is 551 g/mol. The first-order valence-corrected chi connectivity index (χ1v) is 14.2. The Kier molecular flexibility index (Phi) is 11.7. The lowest BCUT2D eigenvalue weighted by Crippen LogP contribution is -2.62. The van der Waals surface area contributed by atoms with Crippen LogP contribution >= 0.6 is 23.4 Å². The zero-order chi connectivity index (χ0) is 26.2. The number of alkyl halides is 1. The molecule has 2 fully saturated rings. The van der Waals surface area contributed by atoms with E-state index in [4.69, 9.17) is 21.1 Å². The third-order valence-corrected chi connectivity index (χ3v) is 7.75. The van der Waals surface area contributed by atoms with Crippen molar-refractivity contribution in [1.29, 1.82) is 0 Å². The molecule has 0 bridgehead atoms. The predicted molar refractivity (Wildman–Crippen MR) is 136 cm³/mol. The van der Waals surface area contributed by atoms with Crippen LogP contribution in [-0.4, -0.2) is 70.5 Å². The topological polar surface area (TPSA) is 100 Å². The van der Waals surface area contributed by atoms with E-state index in [0.29, 0.717) is 30.9 Å². The van der Waals surface area contributed by atoms with Crippen LogP contribution in [0.25, 0.3) is 0 Å². The number of carbonyl (C=O) groups is 1. The third-order valence-electron chi connectivity index (χ3n) is 6.87. The Hall–Kier alpha value is -1.01. The molecule has 2 aliphatic heterocycles. The third kappa shape index (κ3) is 8.51. The minimum absolute atomic E-state index is 0.223. The van der Waals surface area contributed by atoms with E-state index in [9.17, 15) is 23.8 Å². The standard InChI is InChI=1S/C25H37ClF2N2O5S/c1-14(26)20(22-21(31)24(33)35-25(34-22)36-2)30-23(32)19-8-7-15(9-10-29-19)5-3-4-6-16-11-17(27)13-18(28)12-16/h11-15,19-22,24-25,29,31,33H,3-10H2,1-2H3,(H,30,32)/t14?,15?,19?,20?,21?,22?,24-,25?/m1/s1. The van der Waals surface area contributed by atoms with E-state index >= 15 is 0 Å². The van der Waals surface area contributed by atoms with Crippen molar-refractivity contribution in [2.75, 3.05) is 12.8 Å². The largest absolute Gasteiger partial charge is 0.385 e. The maximum atomic E-state index is 13.3. The number of rotatable bonds is 10. The Balaban J connectivity index is 1.47. The lowest BCUT2D eigenvalue weighted by Gasteiger charge is -2.41. The van der Waals surface area contributed by atoms with Crippen LogP contribution in [-0.2, 0) is 20.7 Å². The van der Waals surface area contributed by atoms with E-state index in [0.717, 1.165) is 38.2 Å². The molecule has 2 aliphatic rings. The molecule has 0 saturated carbocycles. The second kappa shape index (κ2) is 14.2. The fraction of sp³-hybridized carbons (Fsp3) is 0.720. The van der Waals surface area contributed by atoms with Crippen molar-refractivity contribution < 1.29 is 33.3 Å². The maximum absolute atomic E-state index is 13.3. The van der Waals surface area contributed by atoms with Crippen LogP contribution in [0.5, 0.6) is 0 Å². The number of ether oxygens (including phenoxy) is 2. The van der Waals surface area contributed by atoms with Gasteiger partial charge in [-0.1, -0.05) is 12.8 Å². The first kappa shape index (κ1) is 29.5. The van der Waals surface area contributed by atoms with Crippen LogP contribution in [0.1, 0.15) is 51.0 Å². The summed E-state index contributed by atoms with van der Waals surface area (Å²) in [7, 11) is 0. The molecule has 2 saturated heterocycles. The normalized spacial score (nSPS) is 30.9. The Morgan fingerprint density at radius 3 is 2.58 bits per heavy atom. The minimum atomic E-state index is -1.44. The van der Waals surface area contributed by atoms with Crippen LogP contribution in [0.15, 0.2) is 18.2 Å². The molecule has 204 valence electrons. The van der Waals surface area contributed by atoms with Gasteiger partial charge in [-0.3, -0.25) is 4.79 Å². The fourth-order valence-corrected chi connectivity index (χ4v) is 5.54. The Labute approximate surface area is 220 Å². The highest BCUT2D eigenvalue weighted by atomic mass is 35.5. The molecule has 1 aromatic rings. The highest BCUT2D eigenvalue weighted by Gasteiger charge is 2.44. The molecule has 11 heteroatoms. The van der Waals surface area contributed by atoms with Gasteiger partial charge in [0, 0.05) is 6.07 Å². The number of amides is 1. The second-order valence-electron chi connectivity index (χ2n) is 9.62. The Morgan fingerprint density at radius 2 is 1.92 bits per heavy atom. The van der Waals surface area contributed by atoms with Gasteiger partial charge in [0.15, 0.2) is 6.29 Å². The number of unbranched alkanes of at least 4 members (excludes halogenated alkanes) is 1. The zero-order valence-electron chi connectivity index (χ0n) is 20.7. The molecule has 0 aliphatic carbocycles. The number of aliphatic hydroxyl groups is 2. The Bertz CT molecular complexity index is 834. The summed E-state index contributed by atoms with van der Waals surface area (Å²) in [4.78, 5) is 13.1. The van der Waals surface area contributed by atoms with Gasteiger partial charge in [0.1, 0.15) is 23.8 Å². The van der Waals surface area contributed by atoms with Crippen LogP contribution < -0.4 is 10.6 Å². The van der Waals surface area contributed by atoms with Gasteiger partial charge in [0.05, 0.1) is 17.5 Å². The maximum Gasteiger partial charge on any atom is 0.237 e. The monoisotopic (exact) mass is 550 g/mol. The summed E-state index contributed by atoms with van der Waals surface area (Å²) in [6, 6.07) is 2.51. The van der Waals surface area contributed by atoms with E-state index < -0.39 is 53.2 Å². The second-order valence-corrected chi connectivity index (χ2v) is 11.2. The molecular formula is C25H37ClF2N2O5S. The molecule has 3 rings (SSSR count). The van der Waals surface area contributed by atoms with E-state index in [1.54, 1.807) is 13.2 Å². The van der Waals surface area contributed by atoms with Gasteiger partial charge in [-0.05, 0) is 75.4 Å². The highest BCUT2D eigenvalue weighted by Crippen LogP contribution is 2.28. The van der Waals surface area contributed by atoms with Crippen LogP contribution in [0.3, 0.4) is 0 Å². The fourth-order valence-electron chi connectivity index (χ4n) is 4.87. The van der Waals surface area contributed by atoms with Crippen LogP contribution in [0.4, 0.5) is 8.78 Å². The molecule has 0 radical (unpaired) electrons. The van der Waals surface area contributed by atoms with Gasteiger partial charge in [-0.2, -0.15) is 0 Å². The molecule has 4 N–H and O–H groups in total. The van der Waals surface area contributed by atoms with Crippen molar-refractivity contribution >= 4 is 29.3 Å². The molecule has 36 heavy (non-hydrogen) atoms. The first-order chi connectivity index (χ1) is 17.2. The highest BCUT2D eigenvalue weighted by molar-refractivity contribution is 7.98. The number of aliphatic hydroxyl groups excluding tert-OH is 2. The molecule has 1 aromatic carbocycles. The SMILES string of the molecule is CSC1OC(C(NC(=O)C2CCC(CCCCc3cc(F)cc(F)c3)CCN2)C(C)Cl)C(O)[C@H](O)O1. The number of benzene rings is 1. The number of thioether (sulfide) groups is 1. The van der Waals surface area contributed by atoms with Crippen LogP contribution in [0, 0.1) is 17.6 Å². The van der Waals surface area contributed by atoms with E-state index in [-0.39, 0.29) is 5.91 Å². The first-order valence-electron chi connectivity index (χ1n) is 12.5. The van der Waals surface area contributed by atoms with Gasteiger partial charge >= 0.3 is 0 Å². The number of halogens is 3. The summed E-state index contributed by atoms with van der Waals surface area (Å²) in [5, 5.41) is 26.1.